The van der Waals surface area contributed by atoms with Crippen molar-refractivity contribution in [1.29, 1.82) is 0 Å². The second-order valence-corrected chi connectivity index (χ2v) is 28.0. The number of benzene rings is 10. The summed E-state index contributed by atoms with van der Waals surface area (Å²) in [6.07, 6.45) is 7.34. The highest BCUT2D eigenvalue weighted by molar-refractivity contribution is 6.10. The van der Waals surface area contributed by atoms with Gasteiger partial charge in [-0.05, 0) is 139 Å². The minimum Gasteiger partial charge on any atom is -0.497 e. The zero-order valence-corrected chi connectivity index (χ0v) is 61.6. The summed E-state index contributed by atoms with van der Waals surface area (Å²) in [7, 11) is 6.58. The Bertz CT molecular complexity index is 4960. The molecule has 548 valence electrons. The quantitative estimate of drug-likeness (QED) is 0.0244. The van der Waals surface area contributed by atoms with Crippen LogP contribution in [0, 0.1) is 0 Å². The van der Waals surface area contributed by atoms with Crippen LogP contribution in [0.3, 0.4) is 0 Å². The monoisotopic (exact) mass is 1440 g/mol. The summed E-state index contributed by atoms with van der Waals surface area (Å²) in [5.41, 5.74) is 8.49. The number of rotatable bonds is 29. The maximum Gasteiger partial charge on any atom is 0.306 e. The second kappa shape index (κ2) is 30.3. The number of ether oxygens (including phenoxy) is 13. The van der Waals surface area contributed by atoms with Crippen LogP contribution in [0.4, 0.5) is 0 Å². The van der Waals surface area contributed by atoms with Crippen molar-refractivity contribution < 1.29 is 80.8 Å². The topological polar surface area (TPSA) is 188 Å². The van der Waals surface area contributed by atoms with Gasteiger partial charge in [0.15, 0.2) is 11.2 Å². The van der Waals surface area contributed by atoms with E-state index in [2.05, 4.69) is 72.8 Å². The maximum absolute atomic E-state index is 13.2. The van der Waals surface area contributed by atoms with Crippen molar-refractivity contribution in [2.45, 2.75) is 101 Å². The zero-order valence-electron chi connectivity index (χ0n) is 61.6. The Labute approximate surface area is 622 Å². The summed E-state index contributed by atoms with van der Waals surface area (Å²) in [5, 5.41) is 3.90. The molecule has 0 aromatic heterocycles. The number of fused-ring (bicyclic) bond motifs is 16. The van der Waals surface area contributed by atoms with Crippen molar-refractivity contribution in [3.63, 3.8) is 0 Å². The van der Waals surface area contributed by atoms with Crippen molar-refractivity contribution >= 4 is 57.6 Å². The van der Waals surface area contributed by atoms with Gasteiger partial charge in [0.25, 0.3) is 0 Å². The molecule has 0 N–H and O–H groups in total. The Hall–Kier alpha value is -11.2. The van der Waals surface area contributed by atoms with Crippen LogP contribution in [-0.2, 0) is 74.7 Å². The molecule has 3 atom stereocenters. The first-order valence-electron chi connectivity index (χ1n) is 36.1. The van der Waals surface area contributed by atoms with E-state index in [9.17, 15) is 19.2 Å². The van der Waals surface area contributed by atoms with E-state index in [-0.39, 0.29) is 65.3 Å². The predicted octanol–water partition coefficient (Wildman–Crippen LogP) is 17.3. The molecule has 10 aromatic carbocycles. The normalized spacial score (nSPS) is 16.8. The van der Waals surface area contributed by atoms with Gasteiger partial charge >= 0.3 is 23.9 Å². The van der Waals surface area contributed by atoms with Crippen LogP contribution in [0.5, 0.6) is 34.5 Å². The lowest BCUT2D eigenvalue weighted by molar-refractivity contribution is -0.159. The van der Waals surface area contributed by atoms with Crippen molar-refractivity contribution in [3.8, 4) is 56.8 Å². The molecule has 17 heteroatoms. The maximum atomic E-state index is 13.2. The van der Waals surface area contributed by atoms with Crippen molar-refractivity contribution in [1.82, 2.24) is 0 Å². The molecule has 107 heavy (non-hydrogen) atoms. The van der Waals surface area contributed by atoms with E-state index in [1.54, 1.807) is 35.4 Å². The van der Waals surface area contributed by atoms with Gasteiger partial charge in [-0.2, -0.15) is 0 Å². The second-order valence-electron chi connectivity index (χ2n) is 28.0. The van der Waals surface area contributed by atoms with Gasteiger partial charge in [-0.1, -0.05) is 158 Å². The zero-order chi connectivity index (χ0) is 74.7. The molecule has 0 bridgehead atoms. The summed E-state index contributed by atoms with van der Waals surface area (Å²) in [4.78, 5) is 52.4. The molecule has 0 saturated heterocycles. The van der Waals surface area contributed by atoms with Crippen LogP contribution >= 0.6 is 0 Å². The lowest BCUT2D eigenvalue weighted by atomic mass is 9.80. The smallest absolute Gasteiger partial charge is 0.306 e. The SMILES string of the molecule is COc1ccc(C2(c3ccc(OC)cc3)C=Cc3c4c(c5ccccc5c3O2)-c2ccccc2C4(C)OCCOC(=O)CCC(=O)OCCC(C)(C)OCC(C)OC(=O)CCC(=O)OCCOC2(C)c3ccccc3-c3c2c2c(c4ccccc34)OC(c3ccc(OC)cc3)(c3ccc(OC)cc3)C=C2)cc1. The Morgan fingerprint density at radius 1 is 0.411 bits per heavy atom. The van der Waals surface area contributed by atoms with Gasteiger partial charge in [0.1, 0.15) is 65.0 Å². The summed E-state index contributed by atoms with van der Waals surface area (Å²) >= 11 is 0. The van der Waals surface area contributed by atoms with Crippen molar-refractivity contribution in [2.24, 2.45) is 0 Å². The summed E-state index contributed by atoms with van der Waals surface area (Å²) < 4.78 is 79.5. The molecule has 0 saturated carbocycles. The highest BCUT2D eigenvalue weighted by Crippen LogP contribution is 2.61. The van der Waals surface area contributed by atoms with Gasteiger partial charge in [0, 0.05) is 61.7 Å². The van der Waals surface area contributed by atoms with E-state index in [0.29, 0.717) is 17.9 Å². The molecule has 0 radical (unpaired) electrons. The van der Waals surface area contributed by atoms with Crippen molar-refractivity contribution in [3.05, 3.63) is 262 Å². The number of esters is 4. The molecule has 10 aromatic rings. The van der Waals surface area contributed by atoms with E-state index in [0.717, 1.165) is 122 Å². The van der Waals surface area contributed by atoms with Gasteiger partial charge in [0.05, 0.1) is 86.2 Å². The largest absolute Gasteiger partial charge is 0.497 e. The summed E-state index contributed by atoms with van der Waals surface area (Å²) in [6, 6.07) is 64.6. The number of methoxy groups -OCH3 is 4. The molecule has 3 unspecified atom stereocenters. The molecule has 14 rings (SSSR count). The number of carbonyl (C=O) groups excluding carboxylic acids is 4. The standard InChI is InChI=1S/C90H86O17/c1-57(105-79(94)45-44-78(93)101-53-55-103-88(5)75-25-17-15-23-71(75)81-67-19-11-13-21-69(67)85-73(83(81)88)47-49-90(107-85,60-30-38-64(97-8)39-31-60)61-32-40-65(98-9)41-33-61)56-104-86(2,3)50-51-99-76(91)42-43-77(92)100-52-54-102-87(4)74-24-16-14-22-70(74)80-66-18-10-12-20-68(66)84-72(82(80)87)46-48-89(106-84,58-26-34-62(95-6)35-27-58)59-28-36-63(96-7)37-29-59/h10-41,46-49,57H,42-45,50-56H2,1-9H3. The molecule has 2 aliphatic heterocycles. The highest BCUT2D eigenvalue weighted by Gasteiger charge is 2.49. The van der Waals surface area contributed by atoms with Crippen LogP contribution in [0.1, 0.15) is 122 Å². The Kier molecular flexibility index (Phi) is 20.6. The van der Waals surface area contributed by atoms with Crippen molar-refractivity contribution in [2.75, 3.05) is 68.1 Å². The van der Waals surface area contributed by atoms with Crippen LogP contribution in [0.25, 0.3) is 56.0 Å². The first kappa shape index (κ1) is 72.7. The van der Waals surface area contributed by atoms with Gasteiger partial charge in [-0.25, -0.2) is 0 Å². The molecular formula is C90H86O17. The first-order chi connectivity index (χ1) is 51.8. The van der Waals surface area contributed by atoms with Gasteiger partial charge in [0.2, 0.25) is 0 Å². The fourth-order valence-corrected chi connectivity index (χ4v) is 15.4. The van der Waals surface area contributed by atoms with E-state index >= 15 is 0 Å². The fraction of sp³-hybridized carbons (Fsp3) is 0.289. The molecule has 2 heterocycles. The molecule has 17 nitrogen and oxygen atoms in total. The Balaban J connectivity index is 0.533. The van der Waals surface area contributed by atoms with E-state index in [1.807, 2.05) is 173 Å². The van der Waals surface area contributed by atoms with Crippen LogP contribution in [-0.4, -0.2) is 104 Å². The molecule has 0 spiro atoms. The molecule has 0 fully saturated rings. The average molecular weight is 1440 g/mol. The summed E-state index contributed by atoms with van der Waals surface area (Å²) in [6.45, 7) is 9.51. The van der Waals surface area contributed by atoms with Crippen LogP contribution in [0.2, 0.25) is 0 Å². The molecule has 0 amide bonds. The fourth-order valence-electron chi connectivity index (χ4n) is 15.4. The van der Waals surface area contributed by atoms with Crippen LogP contribution in [0.15, 0.2) is 206 Å². The molecule has 4 aliphatic rings. The molecule has 2 aliphatic carbocycles. The third-order valence-electron chi connectivity index (χ3n) is 20.9. The minimum atomic E-state index is -1.03. The number of hydrogen-bond donors (Lipinski definition) is 0. The van der Waals surface area contributed by atoms with Gasteiger partial charge in [-0.3, -0.25) is 19.2 Å². The third kappa shape index (κ3) is 14.0. The lowest BCUT2D eigenvalue weighted by Gasteiger charge is -2.39. The van der Waals surface area contributed by atoms with E-state index in [1.165, 1.54) is 0 Å². The van der Waals surface area contributed by atoms with Crippen LogP contribution < -0.4 is 28.4 Å². The van der Waals surface area contributed by atoms with Gasteiger partial charge in [-0.15, -0.1) is 0 Å². The first-order valence-corrected chi connectivity index (χ1v) is 36.1. The van der Waals surface area contributed by atoms with E-state index < -0.39 is 58.0 Å². The minimum absolute atomic E-state index is 0.0186. The Morgan fingerprint density at radius 3 is 1.12 bits per heavy atom. The van der Waals surface area contributed by atoms with Gasteiger partial charge < -0.3 is 61.6 Å². The predicted molar refractivity (Wildman–Crippen MR) is 408 cm³/mol. The third-order valence-corrected chi connectivity index (χ3v) is 20.9. The van der Waals surface area contributed by atoms with E-state index in [4.69, 9.17) is 61.6 Å². The molecular weight excluding hydrogens is 1350 g/mol. The highest BCUT2D eigenvalue weighted by atomic mass is 16.6. The lowest BCUT2D eigenvalue weighted by Crippen LogP contribution is -2.35. The average Bonchev–Trinajstić information content (AvgIpc) is 1.59. The number of carbonyl (C=O) groups is 4. The summed E-state index contributed by atoms with van der Waals surface area (Å²) in [5.74, 6) is 2.00. The Morgan fingerprint density at radius 2 is 0.748 bits per heavy atom. The number of hydrogen-bond acceptors (Lipinski definition) is 17.